The summed E-state index contributed by atoms with van der Waals surface area (Å²) in [6.07, 6.45) is 2.13. The number of rotatable bonds is 5. The van der Waals surface area contributed by atoms with Crippen LogP contribution in [-0.2, 0) is 14.4 Å². The van der Waals surface area contributed by atoms with Gasteiger partial charge in [-0.05, 0) is 12.8 Å². The van der Waals surface area contributed by atoms with E-state index < -0.39 is 11.9 Å². The number of carbonyl (C=O) groups is 3. The van der Waals surface area contributed by atoms with Gasteiger partial charge in [-0.25, -0.2) is 0 Å². The Labute approximate surface area is 112 Å². The van der Waals surface area contributed by atoms with Gasteiger partial charge in [-0.3, -0.25) is 14.4 Å². The molecule has 1 heterocycles. The summed E-state index contributed by atoms with van der Waals surface area (Å²) < 4.78 is 0. The first-order valence-electron chi connectivity index (χ1n) is 6.67. The van der Waals surface area contributed by atoms with Gasteiger partial charge in [0.15, 0.2) is 0 Å². The summed E-state index contributed by atoms with van der Waals surface area (Å²) in [6.45, 7) is 2.30. The van der Waals surface area contributed by atoms with Gasteiger partial charge in [0.1, 0.15) is 0 Å². The molecule has 0 aromatic heterocycles. The van der Waals surface area contributed by atoms with Gasteiger partial charge in [0.25, 0.3) is 0 Å². The van der Waals surface area contributed by atoms with Crippen LogP contribution < -0.4 is 0 Å². The second-order valence-corrected chi connectivity index (χ2v) is 5.64. The average molecular weight is 268 g/mol. The number of carboxylic acid groups (broad SMARTS) is 1. The lowest BCUT2D eigenvalue weighted by atomic mass is 10.1. The minimum absolute atomic E-state index is 0.0135. The van der Waals surface area contributed by atoms with Gasteiger partial charge in [0, 0.05) is 32.6 Å². The molecule has 1 aliphatic heterocycles. The van der Waals surface area contributed by atoms with Gasteiger partial charge in [0.05, 0.1) is 11.8 Å². The summed E-state index contributed by atoms with van der Waals surface area (Å²) in [5.74, 6) is -1.84. The molecule has 2 atom stereocenters. The lowest BCUT2D eigenvalue weighted by Gasteiger charge is -2.26. The molecular weight excluding hydrogens is 248 g/mol. The molecule has 2 rings (SSSR count). The SMILES string of the molecule is C[C@H](CN(C(=O)[C@@H]1CC(=O)N(C)C1)C1CC1)C(=O)O. The molecule has 0 aromatic carbocycles. The average Bonchev–Trinajstić information content (AvgIpc) is 3.12. The molecule has 2 fully saturated rings. The minimum atomic E-state index is -0.891. The minimum Gasteiger partial charge on any atom is -0.481 e. The Morgan fingerprint density at radius 3 is 2.53 bits per heavy atom. The molecule has 6 heteroatoms. The number of carbonyl (C=O) groups excluding carboxylic acids is 2. The predicted octanol–water partition coefficient (Wildman–Crippen LogP) is 0.176. The number of carboxylic acids is 1. The van der Waals surface area contributed by atoms with Crippen LogP contribution in [0.3, 0.4) is 0 Å². The molecular formula is C13H20N2O4. The van der Waals surface area contributed by atoms with Crippen molar-refractivity contribution in [1.29, 1.82) is 0 Å². The highest BCUT2D eigenvalue weighted by atomic mass is 16.4. The Morgan fingerprint density at radius 2 is 2.11 bits per heavy atom. The van der Waals surface area contributed by atoms with E-state index in [9.17, 15) is 14.4 Å². The first kappa shape index (κ1) is 13.8. The topological polar surface area (TPSA) is 77.9 Å². The molecule has 1 saturated heterocycles. The highest BCUT2D eigenvalue weighted by Crippen LogP contribution is 2.30. The van der Waals surface area contributed by atoms with Crippen molar-refractivity contribution >= 4 is 17.8 Å². The first-order chi connectivity index (χ1) is 8.90. The molecule has 2 aliphatic rings. The molecule has 0 radical (unpaired) electrons. The van der Waals surface area contributed by atoms with E-state index in [1.165, 1.54) is 0 Å². The maximum absolute atomic E-state index is 12.4. The van der Waals surface area contributed by atoms with Crippen molar-refractivity contribution in [3.8, 4) is 0 Å². The van der Waals surface area contributed by atoms with E-state index in [0.717, 1.165) is 12.8 Å². The third-order valence-electron chi connectivity index (χ3n) is 3.85. The monoisotopic (exact) mass is 268 g/mol. The molecule has 0 aromatic rings. The lowest BCUT2D eigenvalue weighted by molar-refractivity contribution is -0.144. The number of hydrogen-bond donors (Lipinski definition) is 1. The number of likely N-dealkylation sites (tertiary alicyclic amines) is 1. The molecule has 2 amide bonds. The van der Waals surface area contributed by atoms with E-state index in [0.29, 0.717) is 6.54 Å². The third-order valence-corrected chi connectivity index (χ3v) is 3.85. The van der Waals surface area contributed by atoms with Gasteiger partial charge >= 0.3 is 5.97 Å². The molecule has 1 N–H and O–H groups in total. The van der Waals surface area contributed by atoms with Crippen LogP contribution in [0.1, 0.15) is 26.2 Å². The smallest absolute Gasteiger partial charge is 0.308 e. The van der Waals surface area contributed by atoms with Crippen molar-refractivity contribution in [2.45, 2.75) is 32.2 Å². The Balaban J connectivity index is 2.01. The third kappa shape index (κ3) is 3.05. The number of hydrogen-bond acceptors (Lipinski definition) is 3. The zero-order chi connectivity index (χ0) is 14.2. The van der Waals surface area contributed by atoms with E-state index in [-0.39, 0.29) is 36.7 Å². The first-order valence-corrected chi connectivity index (χ1v) is 6.67. The highest BCUT2D eigenvalue weighted by Gasteiger charge is 2.40. The van der Waals surface area contributed by atoms with Crippen molar-refractivity contribution in [3.63, 3.8) is 0 Å². The second kappa shape index (κ2) is 5.19. The molecule has 19 heavy (non-hydrogen) atoms. The van der Waals surface area contributed by atoms with Crippen molar-refractivity contribution in [2.24, 2.45) is 11.8 Å². The normalized spacial score (nSPS) is 24.4. The van der Waals surface area contributed by atoms with E-state index >= 15 is 0 Å². The molecule has 6 nitrogen and oxygen atoms in total. The van der Waals surface area contributed by atoms with E-state index in [4.69, 9.17) is 5.11 Å². The summed E-state index contributed by atoms with van der Waals surface area (Å²) in [4.78, 5) is 38.1. The van der Waals surface area contributed by atoms with Gasteiger partial charge < -0.3 is 14.9 Å². The van der Waals surface area contributed by atoms with Gasteiger partial charge in [-0.1, -0.05) is 6.92 Å². The fourth-order valence-corrected chi connectivity index (χ4v) is 2.44. The zero-order valence-corrected chi connectivity index (χ0v) is 11.3. The van der Waals surface area contributed by atoms with Crippen LogP contribution in [0.4, 0.5) is 0 Å². The van der Waals surface area contributed by atoms with Crippen molar-refractivity contribution < 1.29 is 19.5 Å². The summed E-state index contributed by atoms with van der Waals surface area (Å²) in [5, 5.41) is 8.96. The highest BCUT2D eigenvalue weighted by molar-refractivity contribution is 5.89. The number of aliphatic carboxylic acids is 1. The quantitative estimate of drug-likeness (QED) is 0.771. The molecule has 106 valence electrons. The Kier molecular flexibility index (Phi) is 3.78. The van der Waals surface area contributed by atoms with Crippen LogP contribution in [-0.4, -0.2) is 58.9 Å². The predicted molar refractivity (Wildman–Crippen MR) is 67.3 cm³/mol. The zero-order valence-electron chi connectivity index (χ0n) is 11.3. The van der Waals surface area contributed by atoms with Crippen LogP contribution in [0.25, 0.3) is 0 Å². The molecule has 0 spiro atoms. The fraction of sp³-hybridized carbons (Fsp3) is 0.769. The maximum atomic E-state index is 12.4. The van der Waals surface area contributed by atoms with Crippen molar-refractivity contribution in [3.05, 3.63) is 0 Å². The molecule has 0 unspecified atom stereocenters. The van der Waals surface area contributed by atoms with Gasteiger partial charge in [0.2, 0.25) is 11.8 Å². The lowest BCUT2D eigenvalue weighted by Crippen LogP contribution is -2.42. The summed E-state index contributed by atoms with van der Waals surface area (Å²) >= 11 is 0. The van der Waals surface area contributed by atoms with E-state index in [1.807, 2.05) is 0 Å². The summed E-state index contributed by atoms with van der Waals surface area (Å²) in [5.41, 5.74) is 0. The van der Waals surface area contributed by atoms with Crippen LogP contribution >= 0.6 is 0 Å². The van der Waals surface area contributed by atoms with Crippen LogP contribution in [0, 0.1) is 11.8 Å². The van der Waals surface area contributed by atoms with Crippen LogP contribution in [0.15, 0.2) is 0 Å². The number of nitrogens with zero attached hydrogens (tertiary/aromatic N) is 2. The van der Waals surface area contributed by atoms with E-state index in [1.54, 1.807) is 23.8 Å². The molecule has 1 aliphatic carbocycles. The Bertz CT molecular complexity index is 405. The standard InChI is InChI=1S/C13H20N2O4/c1-8(13(18)19)6-15(10-3-4-10)12(17)9-5-11(16)14(2)7-9/h8-10H,3-7H2,1-2H3,(H,18,19)/t8-,9-/m1/s1. The fourth-order valence-electron chi connectivity index (χ4n) is 2.44. The largest absolute Gasteiger partial charge is 0.481 e. The molecule has 1 saturated carbocycles. The molecule has 0 bridgehead atoms. The second-order valence-electron chi connectivity index (χ2n) is 5.64. The number of amides is 2. The van der Waals surface area contributed by atoms with Crippen LogP contribution in [0.5, 0.6) is 0 Å². The summed E-state index contributed by atoms with van der Waals surface area (Å²) in [7, 11) is 1.69. The van der Waals surface area contributed by atoms with Crippen LogP contribution in [0.2, 0.25) is 0 Å². The van der Waals surface area contributed by atoms with Gasteiger partial charge in [-0.15, -0.1) is 0 Å². The Morgan fingerprint density at radius 1 is 1.47 bits per heavy atom. The maximum Gasteiger partial charge on any atom is 0.308 e. The van der Waals surface area contributed by atoms with Crippen molar-refractivity contribution in [2.75, 3.05) is 20.1 Å². The Hall–Kier alpha value is -1.59. The van der Waals surface area contributed by atoms with E-state index in [2.05, 4.69) is 0 Å². The van der Waals surface area contributed by atoms with Gasteiger partial charge in [-0.2, -0.15) is 0 Å². The van der Waals surface area contributed by atoms with Crippen molar-refractivity contribution in [1.82, 2.24) is 9.80 Å². The summed E-state index contributed by atoms with van der Waals surface area (Å²) in [6, 6.07) is 0.176.